The van der Waals surface area contributed by atoms with Crippen LogP contribution in [-0.2, 0) is 22.7 Å². The molecule has 0 N–H and O–H groups in total. The Labute approximate surface area is 143 Å². The van der Waals surface area contributed by atoms with E-state index in [-0.39, 0.29) is 11.9 Å². The van der Waals surface area contributed by atoms with Crippen molar-refractivity contribution in [2.75, 3.05) is 6.54 Å². The summed E-state index contributed by atoms with van der Waals surface area (Å²) >= 11 is 0. The van der Waals surface area contributed by atoms with Gasteiger partial charge >= 0.3 is 0 Å². The quantitative estimate of drug-likeness (QED) is 0.819. The number of hydrogen-bond donors (Lipinski definition) is 0. The van der Waals surface area contributed by atoms with Crippen LogP contribution in [0.25, 0.3) is 0 Å². The molecular weight excluding hydrogens is 302 g/mol. The second-order valence-electron chi connectivity index (χ2n) is 6.35. The van der Waals surface area contributed by atoms with Crippen molar-refractivity contribution in [1.82, 2.24) is 14.7 Å². The molecule has 128 valence electrons. The number of rotatable bonds is 6. The zero-order chi connectivity index (χ0) is 16.8. The number of carbonyl (C=O) groups is 1. The van der Waals surface area contributed by atoms with E-state index in [9.17, 15) is 4.79 Å². The van der Waals surface area contributed by atoms with Crippen molar-refractivity contribution in [3.63, 3.8) is 0 Å². The Morgan fingerprint density at radius 2 is 2.12 bits per heavy atom. The molecule has 0 saturated carbocycles. The average molecular weight is 327 g/mol. The molecule has 1 aliphatic rings. The number of ether oxygens (including phenoxy) is 1. The highest BCUT2D eigenvalue weighted by molar-refractivity contribution is 5.81. The first-order valence-corrected chi connectivity index (χ1v) is 8.67. The fourth-order valence-corrected chi connectivity index (χ4v) is 3.21. The number of nitrogens with zero attached hydrogens (tertiary/aromatic N) is 3. The highest BCUT2D eigenvalue weighted by atomic mass is 16.5. The minimum atomic E-state index is -0.427. The largest absolute Gasteiger partial charge is 0.364 e. The van der Waals surface area contributed by atoms with E-state index >= 15 is 0 Å². The van der Waals surface area contributed by atoms with Gasteiger partial charge in [-0.2, -0.15) is 5.10 Å². The SMILES string of the molecule is C[C@H](OCc1ccccc1)C(=O)N1CCCC[C@@H]1Cn1cccn1. The summed E-state index contributed by atoms with van der Waals surface area (Å²) in [7, 11) is 0. The maximum Gasteiger partial charge on any atom is 0.251 e. The molecule has 1 aromatic heterocycles. The molecule has 1 fully saturated rings. The third kappa shape index (κ3) is 4.23. The molecule has 0 aliphatic carbocycles. The monoisotopic (exact) mass is 327 g/mol. The van der Waals surface area contributed by atoms with Crippen molar-refractivity contribution in [3.05, 3.63) is 54.4 Å². The first-order valence-electron chi connectivity index (χ1n) is 8.67. The van der Waals surface area contributed by atoms with Crippen molar-refractivity contribution >= 4 is 5.91 Å². The summed E-state index contributed by atoms with van der Waals surface area (Å²) in [5.74, 6) is 0.0859. The van der Waals surface area contributed by atoms with E-state index in [0.717, 1.165) is 37.9 Å². The van der Waals surface area contributed by atoms with Crippen LogP contribution in [-0.4, -0.2) is 39.3 Å². The van der Waals surface area contributed by atoms with Gasteiger partial charge in [0.25, 0.3) is 5.91 Å². The van der Waals surface area contributed by atoms with Gasteiger partial charge in [0.05, 0.1) is 19.2 Å². The molecule has 0 bridgehead atoms. The van der Waals surface area contributed by atoms with Gasteiger partial charge in [-0.25, -0.2) is 0 Å². The minimum Gasteiger partial charge on any atom is -0.364 e. The first-order chi connectivity index (χ1) is 11.7. The predicted octanol–water partition coefficient (Wildman–Crippen LogP) is 2.87. The smallest absolute Gasteiger partial charge is 0.251 e. The number of amides is 1. The molecule has 1 aromatic carbocycles. The molecule has 5 nitrogen and oxygen atoms in total. The lowest BCUT2D eigenvalue weighted by molar-refractivity contribution is -0.147. The number of piperidine rings is 1. The standard InChI is InChI=1S/C19H25N3O2/c1-16(24-15-17-8-3-2-4-9-17)19(23)22-13-6-5-10-18(22)14-21-12-7-11-20-21/h2-4,7-9,11-12,16,18H,5-6,10,13-15H2,1H3/t16-,18+/m0/s1. The summed E-state index contributed by atoms with van der Waals surface area (Å²) in [4.78, 5) is 14.8. The molecular formula is C19H25N3O2. The summed E-state index contributed by atoms with van der Waals surface area (Å²) in [6.07, 6.45) is 6.55. The second-order valence-corrected chi connectivity index (χ2v) is 6.35. The summed E-state index contributed by atoms with van der Waals surface area (Å²) < 4.78 is 7.72. The Morgan fingerprint density at radius 1 is 1.29 bits per heavy atom. The molecule has 1 aliphatic heterocycles. The molecule has 3 rings (SSSR count). The zero-order valence-corrected chi connectivity index (χ0v) is 14.2. The minimum absolute atomic E-state index is 0.0859. The van der Waals surface area contributed by atoms with Crippen LogP contribution in [0.5, 0.6) is 0 Å². The lowest BCUT2D eigenvalue weighted by Gasteiger charge is -2.37. The first kappa shape index (κ1) is 16.7. The molecule has 0 unspecified atom stereocenters. The Balaban J connectivity index is 1.58. The fourth-order valence-electron chi connectivity index (χ4n) is 3.21. The van der Waals surface area contributed by atoms with E-state index in [1.54, 1.807) is 6.20 Å². The molecule has 2 heterocycles. The Bertz CT molecular complexity index is 627. The third-order valence-corrected chi connectivity index (χ3v) is 4.56. The van der Waals surface area contributed by atoms with Crippen LogP contribution in [0.2, 0.25) is 0 Å². The third-order valence-electron chi connectivity index (χ3n) is 4.56. The highest BCUT2D eigenvalue weighted by Crippen LogP contribution is 2.20. The van der Waals surface area contributed by atoms with Gasteiger partial charge in [0.2, 0.25) is 0 Å². The van der Waals surface area contributed by atoms with Crippen molar-refractivity contribution in [2.45, 2.75) is 51.5 Å². The van der Waals surface area contributed by atoms with Crippen molar-refractivity contribution in [2.24, 2.45) is 0 Å². The predicted molar refractivity (Wildman–Crippen MR) is 92.3 cm³/mol. The molecule has 1 saturated heterocycles. The van der Waals surface area contributed by atoms with Crippen LogP contribution < -0.4 is 0 Å². The van der Waals surface area contributed by atoms with Gasteiger partial charge in [0, 0.05) is 18.9 Å². The van der Waals surface area contributed by atoms with E-state index < -0.39 is 6.10 Å². The summed E-state index contributed by atoms with van der Waals surface area (Å²) in [6, 6.07) is 12.1. The normalized spacial score (nSPS) is 19.2. The second kappa shape index (κ2) is 8.11. The van der Waals surface area contributed by atoms with E-state index in [0.29, 0.717) is 6.61 Å². The van der Waals surface area contributed by atoms with Gasteiger partial charge in [-0.3, -0.25) is 9.48 Å². The molecule has 2 atom stereocenters. The van der Waals surface area contributed by atoms with Crippen LogP contribution in [0.1, 0.15) is 31.7 Å². The fraction of sp³-hybridized carbons (Fsp3) is 0.474. The molecule has 24 heavy (non-hydrogen) atoms. The van der Waals surface area contributed by atoms with Crippen LogP contribution in [0.3, 0.4) is 0 Å². The summed E-state index contributed by atoms with van der Waals surface area (Å²) in [5, 5.41) is 4.27. The molecule has 5 heteroatoms. The average Bonchev–Trinajstić information content (AvgIpc) is 3.13. The van der Waals surface area contributed by atoms with Crippen molar-refractivity contribution in [3.8, 4) is 0 Å². The summed E-state index contributed by atoms with van der Waals surface area (Å²) in [6.45, 7) is 3.88. The highest BCUT2D eigenvalue weighted by Gasteiger charge is 2.30. The van der Waals surface area contributed by atoms with E-state index in [1.165, 1.54) is 0 Å². The topological polar surface area (TPSA) is 47.4 Å². The van der Waals surface area contributed by atoms with E-state index in [1.807, 2.05) is 59.1 Å². The van der Waals surface area contributed by atoms with Gasteiger partial charge < -0.3 is 9.64 Å². The maximum absolute atomic E-state index is 12.8. The Hall–Kier alpha value is -2.14. The van der Waals surface area contributed by atoms with Crippen LogP contribution in [0.15, 0.2) is 48.8 Å². The molecule has 0 radical (unpaired) electrons. The van der Waals surface area contributed by atoms with Gasteiger partial charge in [-0.05, 0) is 37.8 Å². The van der Waals surface area contributed by atoms with Crippen LogP contribution in [0, 0.1) is 0 Å². The zero-order valence-electron chi connectivity index (χ0n) is 14.2. The molecule has 2 aromatic rings. The number of aromatic nitrogens is 2. The van der Waals surface area contributed by atoms with Gasteiger partial charge in [-0.15, -0.1) is 0 Å². The summed E-state index contributed by atoms with van der Waals surface area (Å²) in [5.41, 5.74) is 1.09. The van der Waals surface area contributed by atoms with E-state index in [2.05, 4.69) is 5.10 Å². The van der Waals surface area contributed by atoms with Crippen molar-refractivity contribution in [1.29, 1.82) is 0 Å². The number of hydrogen-bond acceptors (Lipinski definition) is 3. The lowest BCUT2D eigenvalue weighted by atomic mass is 10.0. The van der Waals surface area contributed by atoms with Gasteiger partial charge in [0.15, 0.2) is 0 Å². The Morgan fingerprint density at radius 3 is 2.88 bits per heavy atom. The number of carbonyl (C=O) groups excluding carboxylic acids is 1. The lowest BCUT2D eigenvalue weighted by Crippen LogP contribution is -2.49. The van der Waals surface area contributed by atoms with Crippen LogP contribution >= 0.6 is 0 Å². The number of benzene rings is 1. The number of likely N-dealkylation sites (tertiary alicyclic amines) is 1. The van der Waals surface area contributed by atoms with Gasteiger partial charge in [-0.1, -0.05) is 30.3 Å². The van der Waals surface area contributed by atoms with E-state index in [4.69, 9.17) is 4.74 Å². The van der Waals surface area contributed by atoms with Crippen molar-refractivity contribution < 1.29 is 9.53 Å². The molecule has 1 amide bonds. The maximum atomic E-state index is 12.8. The Kier molecular flexibility index (Phi) is 5.64. The van der Waals surface area contributed by atoms with Crippen LogP contribution in [0.4, 0.5) is 0 Å². The van der Waals surface area contributed by atoms with Gasteiger partial charge in [0.1, 0.15) is 6.10 Å². The molecule has 0 spiro atoms.